The normalized spacial score (nSPS) is 17.4. The van der Waals surface area contributed by atoms with Gasteiger partial charge in [0, 0.05) is 19.6 Å². The van der Waals surface area contributed by atoms with Crippen molar-refractivity contribution in [3.63, 3.8) is 0 Å². The molecule has 2 aromatic carbocycles. The molecule has 1 heterocycles. The molecule has 1 aliphatic rings. The lowest BCUT2D eigenvalue weighted by molar-refractivity contribution is -0.126. The number of benzene rings is 2. The Morgan fingerprint density at radius 2 is 1.87 bits per heavy atom. The summed E-state index contributed by atoms with van der Waals surface area (Å²) in [5, 5.41) is 2.98. The fraction of sp³-hybridized carbons (Fsp3) is 0.435. The number of carbonyl (C=O) groups excluding carboxylic acids is 1. The van der Waals surface area contributed by atoms with Crippen LogP contribution in [-0.2, 0) is 21.2 Å². The van der Waals surface area contributed by atoms with E-state index >= 15 is 0 Å². The zero-order valence-corrected chi connectivity index (χ0v) is 18.2. The maximum Gasteiger partial charge on any atom is 0.243 e. The highest BCUT2D eigenvalue weighted by atomic mass is 32.2. The molecule has 0 bridgehead atoms. The van der Waals surface area contributed by atoms with Crippen molar-refractivity contribution < 1.29 is 17.9 Å². The number of carbonyl (C=O) groups is 1. The molecule has 3 rings (SSSR count). The fourth-order valence-electron chi connectivity index (χ4n) is 3.68. The van der Waals surface area contributed by atoms with Gasteiger partial charge in [0.15, 0.2) is 0 Å². The highest BCUT2D eigenvalue weighted by Gasteiger charge is 2.33. The van der Waals surface area contributed by atoms with E-state index in [1.807, 2.05) is 31.2 Å². The molecule has 6 nitrogen and oxygen atoms in total. The first-order valence-corrected chi connectivity index (χ1v) is 12.0. The van der Waals surface area contributed by atoms with Crippen molar-refractivity contribution in [1.82, 2.24) is 9.62 Å². The third-order valence-electron chi connectivity index (χ3n) is 5.31. The van der Waals surface area contributed by atoms with E-state index in [-0.39, 0.29) is 23.3 Å². The summed E-state index contributed by atoms with van der Waals surface area (Å²) in [5.41, 5.74) is 1.20. The lowest BCUT2D eigenvalue weighted by Crippen LogP contribution is -2.45. The topological polar surface area (TPSA) is 75.7 Å². The van der Waals surface area contributed by atoms with Gasteiger partial charge in [-0.1, -0.05) is 30.3 Å². The Morgan fingerprint density at radius 1 is 1.13 bits per heavy atom. The minimum Gasteiger partial charge on any atom is -0.494 e. The van der Waals surface area contributed by atoms with E-state index in [0.717, 1.165) is 18.6 Å². The maximum atomic E-state index is 12.8. The van der Waals surface area contributed by atoms with Gasteiger partial charge in [-0.25, -0.2) is 8.42 Å². The third kappa shape index (κ3) is 5.83. The van der Waals surface area contributed by atoms with Crippen LogP contribution in [0.2, 0.25) is 0 Å². The van der Waals surface area contributed by atoms with Gasteiger partial charge in [-0.3, -0.25) is 4.79 Å². The summed E-state index contributed by atoms with van der Waals surface area (Å²) in [6.45, 7) is 3.88. The molecule has 2 aromatic rings. The number of sulfonamides is 1. The van der Waals surface area contributed by atoms with Crippen LogP contribution >= 0.6 is 0 Å². The number of hydrogen-bond acceptors (Lipinski definition) is 4. The van der Waals surface area contributed by atoms with Gasteiger partial charge in [0.25, 0.3) is 0 Å². The molecular formula is C23H30N2O4S. The summed E-state index contributed by atoms with van der Waals surface area (Å²) in [6, 6.07) is 16.4. The molecule has 0 saturated carbocycles. The number of rotatable bonds is 9. The van der Waals surface area contributed by atoms with Gasteiger partial charge in [-0.2, -0.15) is 4.31 Å². The van der Waals surface area contributed by atoms with Gasteiger partial charge < -0.3 is 10.1 Å². The number of nitrogens with zero attached hydrogens (tertiary/aromatic N) is 1. The number of piperidine rings is 1. The average Bonchev–Trinajstić information content (AvgIpc) is 2.78. The molecule has 1 fully saturated rings. The van der Waals surface area contributed by atoms with Crippen LogP contribution in [0.15, 0.2) is 59.5 Å². The van der Waals surface area contributed by atoms with E-state index in [0.29, 0.717) is 32.5 Å². The molecular weight excluding hydrogens is 400 g/mol. The van der Waals surface area contributed by atoms with Gasteiger partial charge in [0.1, 0.15) is 5.75 Å². The third-order valence-corrected chi connectivity index (χ3v) is 7.19. The molecule has 1 atom stereocenters. The Morgan fingerprint density at radius 3 is 2.57 bits per heavy atom. The predicted molar refractivity (Wildman–Crippen MR) is 117 cm³/mol. The van der Waals surface area contributed by atoms with E-state index in [2.05, 4.69) is 5.32 Å². The molecule has 7 heteroatoms. The molecule has 1 saturated heterocycles. The van der Waals surface area contributed by atoms with Crippen LogP contribution in [0, 0.1) is 5.92 Å². The van der Waals surface area contributed by atoms with Crippen LogP contribution in [0.25, 0.3) is 0 Å². The van der Waals surface area contributed by atoms with Crippen LogP contribution in [0.5, 0.6) is 5.75 Å². The van der Waals surface area contributed by atoms with Crippen molar-refractivity contribution >= 4 is 15.9 Å². The van der Waals surface area contributed by atoms with Gasteiger partial charge in [0.05, 0.1) is 17.4 Å². The molecule has 0 radical (unpaired) electrons. The van der Waals surface area contributed by atoms with Crippen molar-refractivity contribution in [3.05, 3.63) is 60.2 Å². The standard InChI is InChI=1S/C23H30N2O4S/c1-2-29-21-14-12-19(13-15-21)8-6-16-24-23(26)20-9-7-17-25(18-20)30(27,28)22-10-4-3-5-11-22/h3-5,10-15,20H,2,6-9,16-18H2,1H3,(H,24,26)/t20-/m1/s1. The minimum absolute atomic E-state index is 0.0605. The minimum atomic E-state index is -3.55. The molecule has 1 amide bonds. The van der Waals surface area contributed by atoms with Crippen LogP contribution in [0.4, 0.5) is 0 Å². The second kappa shape index (κ2) is 10.6. The van der Waals surface area contributed by atoms with Gasteiger partial charge in [-0.15, -0.1) is 0 Å². The largest absolute Gasteiger partial charge is 0.494 e. The van der Waals surface area contributed by atoms with Crippen molar-refractivity contribution in [2.45, 2.75) is 37.5 Å². The van der Waals surface area contributed by atoms with Crippen molar-refractivity contribution in [2.24, 2.45) is 5.92 Å². The average molecular weight is 431 g/mol. The fourth-order valence-corrected chi connectivity index (χ4v) is 5.23. The predicted octanol–water partition coefficient (Wildman–Crippen LogP) is 3.24. The Labute approximate surface area is 179 Å². The summed E-state index contributed by atoms with van der Waals surface area (Å²) in [4.78, 5) is 12.9. The Hall–Kier alpha value is -2.38. The van der Waals surface area contributed by atoms with Crippen LogP contribution in [0.3, 0.4) is 0 Å². The highest BCUT2D eigenvalue weighted by molar-refractivity contribution is 7.89. The number of hydrogen-bond donors (Lipinski definition) is 1. The molecule has 0 aliphatic carbocycles. The van der Waals surface area contributed by atoms with E-state index in [9.17, 15) is 13.2 Å². The van der Waals surface area contributed by atoms with Crippen molar-refractivity contribution in [2.75, 3.05) is 26.2 Å². The Bertz CT molecular complexity index is 914. The summed E-state index contributed by atoms with van der Waals surface area (Å²) in [6.07, 6.45) is 3.10. The SMILES string of the molecule is CCOc1ccc(CCCNC(=O)[C@@H]2CCCN(S(=O)(=O)c3ccccc3)C2)cc1. The zero-order valence-electron chi connectivity index (χ0n) is 17.4. The van der Waals surface area contributed by atoms with Crippen LogP contribution in [-0.4, -0.2) is 44.9 Å². The summed E-state index contributed by atoms with van der Waals surface area (Å²) in [7, 11) is -3.55. The highest BCUT2D eigenvalue weighted by Crippen LogP contribution is 2.23. The summed E-state index contributed by atoms with van der Waals surface area (Å²) in [5.74, 6) is 0.499. The first kappa shape index (κ1) is 22.3. The first-order chi connectivity index (χ1) is 14.5. The molecule has 162 valence electrons. The Balaban J connectivity index is 1.46. The van der Waals surface area contributed by atoms with Crippen molar-refractivity contribution in [1.29, 1.82) is 0 Å². The van der Waals surface area contributed by atoms with Gasteiger partial charge in [0.2, 0.25) is 15.9 Å². The number of amides is 1. The smallest absolute Gasteiger partial charge is 0.243 e. The first-order valence-electron chi connectivity index (χ1n) is 10.6. The molecule has 0 unspecified atom stereocenters. The second-order valence-corrected chi connectivity index (χ2v) is 9.42. The molecule has 0 spiro atoms. The van der Waals surface area contributed by atoms with Crippen LogP contribution < -0.4 is 10.1 Å². The van der Waals surface area contributed by atoms with Crippen molar-refractivity contribution in [3.8, 4) is 5.75 Å². The molecule has 0 aromatic heterocycles. The lowest BCUT2D eigenvalue weighted by atomic mass is 9.99. The van der Waals surface area contributed by atoms with E-state index in [1.165, 1.54) is 9.87 Å². The second-order valence-electron chi connectivity index (χ2n) is 7.49. The summed E-state index contributed by atoms with van der Waals surface area (Å²) >= 11 is 0. The number of nitrogens with one attached hydrogen (secondary N) is 1. The molecule has 30 heavy (non-hydrogen) atoms. The monoisotopic (exact) mass is 430 g/mol. The van der Waals surface area contributed by atoms with Gasteiger partial charge >= 0.3 is 0 Å². The lowest BCUT2D eigenvalue weighted by Gasteiger charge is -2.31. The number of aryl methyl sites for hydroxylation is 1. The van der Waals surface area contributed by atoms with E-state index < -0.39 is 10.0 Å². The zero-order chi connectivity index (χ0) is 21.4. The quantitative estimate of drug-likeness (QED) is 0.620. The van der Waals surface area contributed by atoms with Crippen LogP contribution in [0.1, 0.15) is 31.7 Å². The van der Waals surface area contributed by atoms with E-state index in [1.54, 1.807) is 30.3 Å². The summed E-state index contributed by atoms with van der Waals surface area (Å²) < 4.78 is 32.5. The van der Waals surface area contributed by atoms with Gasteiger partial charge in [-0.05, 0) is 62.4 Å². The Kier molecular flexibility index (Phi) is 7.87. The molecule has 1 N–H and O–H groups in total. The number of ether oxygens (including phenoxy) is 1. The maximum absolute atomic E-state index is 12.8. The molecule has 1 aliphatic heterocycles. The van der Waals surface area contributed by atoms with E-state index in [4.69, 9.17) is 4.74 Å².